The minimum absolute atomic E-state index is 0.122. The summed E-state index contributed by atoms with van der Waals surface area (Å²) in [7, 11) is -4.92. The molecule has 0 saturated carbocycles. The topological polar surface area (TPSA) is 113 Å². The van der Waals surface area contributed by atoms with E-state index in [0.717, 1.165) is 23.6 Å². The Morgan fingerprint density at radius 2 is 1.71 bits per heavy atom. The van der Waals surface area contributed by atoms with Crippen molar-refractivity contribution >= 4 is 37.6 Å². The van der Waals surface area contributed by atoms with Crippen LogP contribution in [0.5, 0.6) is 5.75 Å². The van der Waals surface area contributed by atoms with E-state index in [-0.39, 0.29) is 27.1 Å². The van der Waals surface area contributed by atoms with Crippen LogP contribution in [0.3, 0.4) is 0 Å². The highest BCUT2D eigenvalue weighted by molar-refractivity contribution is 7.89. The van der Waals surface area contributed by atoms with Crippen LogP contribution >= 0.6 is 11.6 Å². The first kappa shape index (κ1) is 26.4. The number of rotatable bonds is 9. The molecule has 34 heavy (non-hydrogen) atoms. The van der Waals surface area contributed by atoms with Gasteiger partial charge in [-0.1, -0.05) is 30.2 Å². The number of likely N-dealkylation sites (N-methyl/N-ethyl adjacent to an activating group) is 1. The maximum absolute atomic E-state index is 12.9. The Morgan fingerprint density at radius 1 is 1.06 bits per heavy atom. The fraction of sp³-hybridized carbons (Fsp3) is 0.409. The van der Waals surface area contributed by atoms with Gasteiger partial charge in [0.1, 0.15) is 10.6 Å². The third kappa shape index (κ3) is 6.08. The summed E-state index contributed by atoms with van der Waals surface area (Å²) in [6.45, 7) is 0.756. The van der Waals surface area contributed by atoms with Gasteiger partial charge in [0.15, 0.2) is 0 Å². The summed E-state index contributed by atoms with van der Waals surface area (Å²) in [4.78, 5) is 12.5. The number of ether oxygens (including phenoxy) is 1. The van der Waals surface area contributed by atoms with E-state index in [0.29, 0.717) is 18.7 Å². The maximum Gasteiger partial charge on any atom is 0.247 e. The van der Waals surface area contributed by atoms with Crippen molar-refractivity contribution in [2.24, 2.45) is 0 Å². The Kier molecular flexibility index (Phi) is 8.58. The highest BCUT2D eigenvalue weighted by Gasteiger charge is 2.27. The monoisotopic (exact) mass is 529 g/mol. The number of piperidine rings is 1. The number of hydrogen-bond acceptors (Lipinski definition) is 6. The van der Waals surface area contributed by atoms with Crippen LogP contribution in [0, 0.1) is 0 Å². The number of amides is 1. The number of benzene rings is 2. The average Bonchev–Trinajstić information content (AvgIpc) is 2.83. The minimum atomic E-state index is -4.02. The van der Waals surface area contributed by atoms with Gasteiger partial charge in [0, 0.05) is 31.7 Å². The van der Waals surface area contributed by atoms with Gasteiger partial charge in [-0.2, -0.15) is 8.61 Å². The first-order valence-electron chi connectivity index (χ1n) is 10.7. The van der Waals surface area contributed by atoms with Gasteiger partial charge in [-0.15, -0.1) is 0 Å². The number of halogens is 1. The second-order valence-corrected chi connectivity index (χ2v) is 12.3. The van der Waals surface area contributed by atoms with Gasteiger partial charge >= 0.3 is 0 Å². The maximum atomic E-state index is 12.9. The summed E-state index contributed by atoms with van der Waals surface area (Å²) in [6.07, 6.45) is 2.75. The highest BCUT2D eigenvalue weighted by Crippen LogP contribution is 2.29. The molecular formula is C22H28ClN3O6S2. The molecular weight excluding hydrogens is 502 g/mol. The van der Waals surface area contributed by atoms with Crippen LogP contribution in [0.2, 0.25) is 5.02 Å². The van der Waals surface area contributed by atoms with Crippen LogP contribution in [0.1, 0.15) is 24.8 Å². The summed E-state index contributed by atoms with van der Waals surface area (Å²) in [5.41, 5.74) is 0.688. The van der Waals surface area contributed by atoms with Crippen LogP contribution in [-0.2, 0) is 31.4 Å². The lowest BCUT2D eigenvalue weighted by atomic mass is 10.2. The molecule has 186 valence electrons. The normalized spacial score (nSPS) is 15.3. The van der Waals surface area contributed by atoms with Crippen molar-refractivity contribution in [3.63, 3.8) is 0 Å². The van der Waals surface area contributed by atoms with Gasteiger partial charge in [-0.05, 0) is 48.7 Å². The Morgan fingerprint density at radius 3 is 2.32 bits per heavy atom. The zero-order valence-electron chi connectivity index (χ0n) is 19.0. The molecule has 1 N–H and O–H groups in total. The van der Waals surface area contributed by atoms with E-state index in [9.17, 15) is 21.6 Å². The SMILES string of the molecule is COc1ccc(Cl)cc1S(=O)(=O)N(C)CC(=O)NCc1ccc(S(=O)(=O)N2CCCCC2)cc1. The lowest BCUT2D eigenvalue weighted by Crippen LogP contribution is -2.38. The molecule has 0 radical (unpaired) electrons. The van der Waals surface area contributed by atoms with Crippen LogP contribution < -0.4 is 10.1 Å². The van der Waals surface area contributed by atoms with Crippen LogP contribution in [0.25, 0.3) is 0 Å². The molecule has 2 aromatic carbocycles. The second kappa shape index (κ2) is 11.0. The minimum Gasteiger partial charge on any atom is -0.495 e. The summed E-state index contributed by atoms with van der Waals surface area (Å²) >= 11 is 5.93. The summed E-state index contributed by atoms with van der Waals surface area (Å²) < 4.78 is 58.8. The standard InChI is InChI=1S/C22H28ClN3O6S2/c1-25(34(30,31)21-14-18(23)8-11-20(21)32-2)16-22(27)24-15-17-6-9-19(10-7-17)33(28,29)26-12-4-3-5-13-26/h6-11,14H,3-5,12-13,15-16H2,1-2H3,(H,24,27). The first-order valence-corrected chi connectivity index (χ1v) is 14.0. The Labute approximate surface area is 205 Å². The molecule has 2 aromatic rings. The van der Waals surface area contributed by atoms with E-state index in [2.05, 4.69) is 5.32 Å². The molecule has 1 heterocycles. The summed E-state index contributed by atoms with van der Waals surface area (Å²) in [5.74, 6) is -0.395. The molecule has 1 aliphatic rings. The Balaban J connectivity index is 1.60. The Hall–Kier alpha value is -2.18. The van der Waals surface area contributed by atoms with E-state index in [1.54, 1.807) is 12.1 Å². The quantitative estimate of drug-likeness (QED) is 0.534. The zero-order valence-corrected chi connectivity index (χ0v) is 21.4. The van der Waals surface area contributed by atoms with Crippen LogP contribution in [0.15, 0.2) is 52.3 Å². The van der Waals surface area contributed by atoms with Gasteiger partial charge in [0.25, 0.3) is 0 Å². The largest absolute Gasteiger partial charge is 0.495 e. The third-order valence-electron chi connectivity index (χ3n) is 5.55. The number of nitrogens with zero attached hydrogens (tertiary/aromatic N) is 2. The van der Waals surface area contributed by atoms with E-state index in [4.69, 9.17) is 16.3 Å². The summed E-state index contributed by atoms with van der Waals surface area (Å²) in [5, 5.41) is 2.88. The first-order chi connectivity index (χ1) is 16.1. The van der Waals surface area contributed by atoms with Crippen molar-refractivity contribution in [3.8, 4) is 5.75 Å². The molecule has 0 bridgehead atoms. The van der Waals surface area contributed by atoms with Crippen molar-refractivity contribution in [1.29, 1.82) is 0 Å². The molecule has 0 atom stereocenters. The number of sulfonamides is 2. The molecule has 0 aliphatic carbocycles. The van der Waals surface area contributed by atoms with Gasteiger partial charge in [0.2, 0.25) is 26.0 Å². The average molecular weight is 530 g/mol. The summed E-state index contributed by atoms with van der Waals surface area (Å²) in [6, 6.07) is 10.5. The highest BCUT2D eigenvalue weighted by atomic mass is 35.5. The zero-order chi connectivity index (χ0) is 24.9. The smallest absolute Gasteiger partial charge is 0.247 e. The van der Waals surface area contributed by atoms with Crippen molar-refractivity contribution in [3.05, 3.63) is 53.1 Å². The molecule has 12 heteroatoms. The molecule has 1 aliphatic heterocycles. The lowest BCUT2D eigenvalue weighted by Gasteiger charge is -2.25. The van der Waals surface area contributed by atoms with E-state index in [1.807, 2.05) is 0 Å². The number of carbonyl (C=O) groups is 1. The van der Waals surface area contributed by atoms with E-state index in [1.165, 1.54) is 48.8 Å². The third-order valence-corrected chi connectivity index (χ3v) is 9.52. The second-order valence-electron chi connectivity index (χ2n) is 7.94. The Bertz CT molecular complexity index is 1230. The number of hydrogen-bond donors (Lipinski definition) is 1. The number of carbonyl (C=O) groups excluding carboxylic acids is 1. The lowest BCUT2D eigenvalue weighted by molar-refractivity contribution is -0.121. The predicted octanol–water partition coefficient (Wildman–Crippen LogP) is 2.46. The predicted molar refractivity (Wildman–Crippen MR) is 129 cm³/mol. The molecule has 1 amide bonds. The van der Waals surface area contributed by atoms with Crippen molar-refractivity contribution in [2.45, 2.75) is 35.6 Å². The van der Waals surface area contributed by atoms with Gasteiger partial charge in [0.05, 0.1) is 18.6 Å². The van der Waals surface area contributed by atoms with Gasteiger partial charge < -0.3 is 10.1 Å². The fourth-order valence-electron chi connectivity index (χ4n) is 3.60. The molecule has 0 unspecified atom stereocenters. The van der Waals surface area contributed by atoms with Gasteiger partial charge in [-0.25, -0.2) is 16.8 Å². The number of methoxy groups -OCH3 is 1. The van der Waals surface area contributed by atoms with Crippen LogP contribution in [0.4, 0.5) is 0 Å². The molecule has 3 rings (SSSR count). The van der Waals surface area contributed by atoms with Crippen molar-refractivity contribution in [2.75, 3.05) is 33.8 Å². The van der Waals surface area contributed by atoms with Crippen molar-refractivity contribution in [1.82, 2.24) is 13.9 Å². The number of nitrogens with one attached hydrogen (secondary N) is 1. The molecule has 1 saturated heterocycles. The van der Waals surface area contributed by atoms with E-state index >= 15 is 0 Å². The molecule has 1 fully saturated rings. The molecule has 9 nitrogen and oxygen atoms in total. The van der Waals surface area contributed by atoms with Gasteiger partial charge in [-0.3, -0.25) is 4.79 Å². The fourth-order valence-corrected chi connectivity index (χ4v) is 6.66. The molecule has 0 aromatic heterocycles. The van der Waals surface area contributed by atoms with Crippen molar-refractivity contribution < 1.29 is 26.4 Å². The molecule has 0 spiro atoms. The van der Waals surface area contributed by atoms with Crippen LogP contribution in [-0.4, -0.2) is 65.1 Å². The van der Waals surface area contributed by atoms with E-state index < -0.39 is 32.5 Å².